The molecule has 1 fully saturated rings. The second kappa shape index (κ2) is 5.20. The fourth-order valence-electron chi connectivity index (χ4n) is 2.00. The first-order chi connectivity index (χ1) is 6.72. The molecule has 0 aromatic carbocycles. The standard InChI is InChI=1S/C10H20N2O2/c1-2-11-9(14)12-10(8-13)6-4-3-5-7-10/h13H,2-8H2,1H3,(H2,11,12,14). The highest BCUT2D eigenvalue weighted by molar-refractivity contribution is 5.74. The molecule has 3 N–H and O–H groups in total. The van der Waals surface area contributed by atoms with Crippen LogP contribution < -0.4 is 10.6 Å². The van der Waals surface area contributed by atoms with E-state index in [9.17, 15) is 9.90 Å². The molecule has 0 aromatic rings. The van der Waals surface area contributed by atoms with Crippen LogP contribution in [0.5, 0.6) is 0 Å². The van der Waals surface area contributed by atoms with Crippen LogP contribution in [0.15, 0.2) is 0 Å². The Morgan fingerprint density at radius 2 is 2.00 bits per heavy atom. The summed E-state index contributed by atoms with van der Waals surface area (Å²) in [6.45, 7) is 2.55. The molecule has 0 radical (unpaired) electrons. The maximum Gasteiger partial charge on any atom is 0.315 e. The molecule has 0 bridgehead atoms. The van der Waals surface area contributed by atoms with Gasteiger partial charge in [0.1, 0.15) is 0 Å². The summed E-state index contributed by atoms with van der Waals surface area (Å²) in [5.74, 6) is 0. The predicted octanol–water partition coefficient (Wildman–Crippen LogP) is 1.00. The Balaban J connectivity index is 2.47. The van der Waals surface area contributed by atoms with Crippen molar-refractivity contribution in [2.45, 2.75) is 44.6 Å². The minimum atomic E-state index is -0.364. The van der Waals surface area contributed by atoms with E-state index in [0.717, 1.165) is 25.7 Å². The Hall–Kier alpha value is -0.770. The lowest BCUT2D eigenvalue weighted by atomic mass is 9.82. The molecule has 0 aliphatic heterocycles. The Bertz CT molecular complexity index is 189. The van der Waals surface area contributed by atoms with Crippen molar-refractivity contribution in [2.24, 2.45) is 0 Å². The van der Waals surface area contributed by atoms with E-state index >= 15 is 0 Å². The SMILES string of the molecule is CCNC(=O)NC1(CO)CCCCC1. The number of urea groups is 1. The predicted molar refractivity (Wildman–Crippen MR) is 55.1 cm³/mol. The van der Waals surface area contributed by atoms with Crippen molar-refractivity contribution in [3.05, 3.63) is 0 Å². The molecule has 14 heavy (non-hydrogen) atoms. The molecule has 0 aromatic heterocycles. The van der Waals surface area contributed by atoms with Crippen LogP contribution in [0, 0.1) is 0 Å². The van der Waals surface area contributed by atoms with Gasteiger partial charge in [-0.1, -0.05) is 19.3 Å². The van der Waals surface area contributed by atoms with Crippen molar-refractivity contribution in [2.75, 3.05) is 13.2 Å². The maximum atomic E-state index is 11.3. The zero-order valence-electron chi connectivity index (χ0n) is 8.81. The average molecular weight is 200 g/mol. The second-order valence-corrected chi connectivity index (χ2v) is 3.98. The normalized spacial score (nSPS) is 20.1. The molecular weight excluding hydrogens is 180 g/mol. The van der Waals surface area contributed by atoms with E-state index in [1.165, 1.54) is 6.42 Å². The molecule has 4 heteroatoms. The maximum absolute atomic E-state index is 11.3. The van der Waals surface area contributed by atoms with Crippen LogP contribution in [-0.2, 0) is 0 Å². The van der Waals surface area contributed by atoms with Gasteiger partial charge in [-0.15, -0.1) is 0 Å². The number of carbonyl (C=O) groups excluding carboxylic acids is 1. The first kappa shape index (κ1) is 11.3. The van der Waals surface area contributed by atoms with Crippen LogP contribution in [-0.4, -0.2) is 29.8 Å². The first-order valence-corrected chi connectivity index (χ1v) is 5.39. The molecule has 82 valence electrons. The smallest absolute Gasteiger partial charge is 0.315 e. The second-order valence-electron chi connectivity index (χ2n) is 3.98. The van der Waals surface area contributed by atoms with Crippen molar-refractivity contribution in [1.82, 2.24) is 10.6 Å². The number of rotatable bonds is 3. The van der Waals surface area contributed by atoms with Gasteiger partial charge >= 0.3 is 6.03 Å². The lowest BCUT2D eigenvalue weighted by molar-refractivity contribution is 0.125. The summed E-state index contributed by atoms with van der Waals surface area (Å²) in [5.41, 5.74) is -0.364. The first-order valence-electron chi connectivity index (χ1n) is 5.39. The van der Waals surface area contributed by atoms with Crippen molar-refractivity contribution in [3.8, 4) is 0 Å². The topological polar surface area (TPSA) is 61.4 Å². The highest BCUT2D eigenvalue weighted by atomic mass is 16.3. The van der Waals surface area contributed by atoms with E-state index in [4.69, 9.17) is 0 Å². The van der Waals surface area contributed by atoms with Crippen molar-refractivity contribution >= 4 is 6.03 Å². The zero-order valence-corrected chi connectivity index (χ0v) is 8.81. The van der Waals surface area contributed by atoms with E-state index in [1.54, 1.807) is 0 Å². The summed E-state index contributed by atoms with van der Waals surface area (Å²) in [5, 5.41) is 14.9. The Kier molecular flexibility index (Phi) is 4.20. The molecule has 1 aliphatic carbocycles. The third kappa shape index (κ3) is 2.87. The minimum Gasteiger partial charge on any atom is -0.394 e. The highest BCUT2D eigenvalue weighted by Gasteiger charge is 2.32. The van der Waals surface area contributed by atoms with Crippen LogP contribution in [0.2, 0.25) is 0 Å². The largest absolute Gasteiger partial charge is 0.394 e. The third-order valence-corrected chi connectivity index (χ3v) is 2.83. The van der Waals surface area contributed by atoms with Gasteiger partial charge in [0.05, 0.1) is 12.1 Å². The van der Waals surface area contributed by atoms with Crippen LogP contribution in [0.25, 0.3) is 0 Å². The number of carbonyl (C=O) groups is 1. The van der Waals surface area contributed by atoms with Gasteiger partial charge in [-0.25, -0.2) is 4.79 Å². The monoisotopic (exact) mass is 200 g/mol. The van der Waals surface area contributed by atoms with E-state index in [1.807, 2.05) is 6.92 Å². The zero-order chi connectivity index (χ0) is 10.4. The number of amides is 2. The molecule has 1 aliphatic rings. The van der Waals surface area contributed by atoms with Gasteiger partial charge in [0.15, 0.2) is 0 Å². The Labute approximate surface area is 85.1 Å². The van der Waals surface area contributed by atoms with Gasteiger partial charge in [0.25, 0.3) is 0 Å². The van der Waals surface area contributed by atoms with Gasteiger partial charge in [-0.3, -0.25) is 0 Å². The molecule has 4 nitrogen and oxygen atoms in total. The average Bonchev–Trinajstić information content (AvgIpc) is 2.19. The molecular formula is C10H20N2O2. The molecule has 1 rings (SSSR count). The number of hydrogen-bond donors (Lipinski definition) is 3. The number of aliphatic hydroxyl groups excluding tert-OH is 1. The van der Waals surface area contributed by atoms with Crippen LogP contribution in [0.4, 0.5) is 4.79 Å². The summed E-state index contributed by atoms with van der Waals surface area (Å²) in [6.07, 6.45) is 5.17. The Morgan fingerprint density at radius 3 is 2.50 bits per heavy atom. The van der Waals surface area contributed by atoms with Gasteiger partial charge in [-0.05, 0) is 19.8 Å². The van der Waals surface area contributed by atoms with Gasteiger partial charge in [-0.2, -0.15) is 0 Å². The quantitative estimate of drug-likeness (QED) is 0.636. The van der Waals surface area contributed by atoms with E-state index in [-0.39, 0.29) is 18.2 Å². The van der Waals surface area contributed by atoms with Crippen LogP contribution in [0.3, 0.4) is 0 Å². The molecule has 0 unspecified atom stereocenters. The van der Waals surface area contributed by atoms with E-state index in [2.05, 4.69) is 10.6 Å². The summed E-state index contributed by atoms with van der Waals surface area (Å²) < 4.78 is 0. The summed E-state index contributed by atoms with van der Waals surface area (Å²) >= 11 is 0. The highest BCUT2D eigenvalue weighted by Crippen LogP contribution is 2.27. The van der Waals surface area contributed by atoms with Gasteiger partial charge in [0, 0.05) is 6.54 Å². The molecule has 0 saturated heterocycles. The molecule has 1 saturated carbocycles. The minimum absolute atomic E-state index is 0.0458. The fourth-order valence-corrected chi connectivity index (χ4v) is 2.00. The fraction of sp³-hybridized carbons (Fsp3) is 0.900. The third-order valence-electron chi connectivity index (χ3n) is 2.83. The van der Waals surface area contributed by atoms with Crippen LogP contribution in [0.1, 0.15) is 39.0 Å². The van der Waals surface area contributed by atoms with Crippen molar-refractivity contribution in [1.29, 1.82) is 0 Å². The van der Waals surface area contributed by atoms with Crippen molar-refractivity contribution < 1.29 is 9.90 Å². The summed E-state index contributed by atoms with van der Waals surface area (Å²) in [4.78, 5) is 11.3. The van der Waals surface area contributed by atoms with Crippen molar-refractivity contribution in [3.63, 3.8) is 0 Å². The van der Waals surface area contributed by atoms with E-state index < -0.39 is 0 Å². The summed E-state index contributed by atoms with van der Waals surface area (Å²) in [6, 6.07) is -0.163. The molecule has 0 atom stereocenters. The van der Waals surface area contributed by atoms with Crippen LogP contribution >= 0.6 is 0 Å². The summed E-state index contributed by atoms with van der Waals surface area (Å²) in [7, 11) is 0. The van der Waals surface area contributed by atoms with Gasteiger partial charge < -0.3 is 15.7 Å². The Morgan fingerprint density at radius 1 is 1.36 bits per heavy atom. The number of aliphatic hydroxyl groups is 1. The molecule has 2 amide bonds. The van der Waals surface area contributed by atoms with E-state index in [0.29, 0.717) is 6.54 Å². The number of nitrogens with one attached hydrogen (secondary N) is 2. The lowest BCUT2D eigenvalue weighted by Crippen LogP contribution is -2.55. The number of hydrogen-bond acceptors (Lipinski definition) is 2. The van der Waals surface area contributed by atoms with Gasteiger partial charge in [0.2, 0.25) is 0 Å². The molecule has 0 spiro atoms. The lowest BCUT2D eigenvalue weighted by Gasteiger charge is -2.36. The molecule has 0 heterocycles.